The molecular formula is C13H23N7. The molecule has 7 heteroatoms. The van der Waals surface area contributed by atoms with Crippen LogP contribution in [0.25, 0.3) is 0 Å². The van der Waals surface area contributed by atoms with Gasteiger partial charge >= 0.3 is 0 Å². The molecular weight excluding hydrogens is 254 g/mol. The second-order valence-corrected chi connectivity index (χ2v) is 5.43. The Labute approximate surface area is 119 Å². The first kappa shape index (κ1) is 14.6. The molecule has 0 radical (unpaired) electrons. The molecule has 2 aromatic heterocycles. The number of hydrogen-bond acceptors (Lipinski definition) is 5. The van der Waals surface area contributed by atoms with E-state index >= 15 is 0 Å². The zero-order chi connectivity index (χ0) is 14.5. The second kappa shape index (κ2) is 6.60. The van der Waals surface area contributed by atoms with Crippen LogP contribution in [0.1, 0.15) is 31.2 Å². The van der Waals surface area contributed by atoms with Crippen LogP contribution < -0.4 is 5.32 Å². The summed E-state index contributed by atoms with van der Waals surface area (Å²) in [5.41, 5.74) is 0.970. The first-order valence-corrected chi connectivity index (χ1v) is 7.02. The Morgan fingerprint density at radius 2 is 2.05 bits per heavy atom. The highest BCUT2D eigenvalue weighted by molar-refractivity contribution is 4.92. The van der Waals surface area contributed by atoms with E-state index in [0.29, 0.717) is 5.92 Å². The summed E-state index contributed by atoms with van der Waals surface area (Å²) in [5, 5.41) is 16.0. The van der Waals surface area contributed by atoms with E-state index < -0.39 is 0 Å². The molecule has 2 aromatic rings. The predicted molar refractivity (Wildman–Crippen MR) is 76.1 cm³/mol. The van der Waals surface area contributed by atoms with E-state index in [1.807, 2.05) is 29.4 Å². The maximum atomic E-state index is 4.33. The smallest absolute Gasteiger partial charge is 0.147 e. The zero-order valence-electron chi connectivity index (χ0n) is 12.7. The third kappa shape index (κ3) is 4.12. The molecule has 0 aliphatic carbocycles. The normalized spacial score (nSPS) is 11.4. The van der Waals surface area contributed by atoms with Gasteiger partial charge in [-0.2, -0.15) is 5.10 Å². The summed E-state index contributed by atoms with van der Waals surface area (Å²) in [4.78, 5) is 4.28. The fourth-order valence-corrected chi connectivity index (χ4v) is 1.99. The predicted octanol–water partition coefficient (Wildman–Crippen LogP) is 0.932. The van der Waals surface area contributed by atoms with Crippen molar-refractivity contribution in [2.45, 2.75) is 47.3 Å². The van der Waals surface area contributed by atoms with Crippen LogP contribution in [0.2, 0.25) is 0 Å². The Morgan fingerprint density at radius 3 is 2.70 bits per heavy atom. The minimum absolute atomic E-state index is 0.642. The van der Waals surface area contributed by atoms with Crippen molar-refractivity contribution in [1.29, 1.82) is 0 Å². The van der Waals surface area contributed by atoms with Crippen LogP contribution in [-0.2, 0) is 19.6 Å². The van der Waals surface area contributed by atoms with Crippen molar-refractivity contribution in [3.63, 3.8) is 0 Å². The second-order valence-electron chi connectivity index (χ2n) is 5.43. The number of rotatable bonds is 7. The molecule has 0 amide bonds. The molecule has 0 atom stereocenters. The van der Waals surface area contributed by atoms with Gasteiger partial charge in [0, 0.05) is 12.7 Å². The third-order valence-corrected chi connectivity index (χ3v) is 2.95. The van der Waals surface area contributed by atoms with Gasteiger partial charge in [-0.3, -0.25) is 4.68 Å². The molecule has 0 aromatic carbocycles. The Hall–Kier alpha value is -1.76. The topological polar surface area (TPSA) is 73.5 Å². The average molecular weight is 277 g/mol. The summed E-state index contributed by atoms with van der Waals surface area (Å²) in [6, 6.07) is 0. The zero-order valence-corrected chi connectivity index (χ0v) is 12.7. The third-order valence-electron chi connectivity index (χ3n) is 2.95. The fourth-order valence-electron chi connectivity index (χ4n) is 1.99. The van der Waals surface area contributed by atoms with Crippen LogP contribution in [0.4, 0.5) is 0 Å². The molecule has 0 fully saturated rings. The summed E-state index contributed by atoms with van der Waals surface area (Å²) in [6.45, 7) is 11.5. The summed E-state index contributed by atoms with van der Waals surface area (Å²) in [5.74, 6) is 2.38. The molecule has 0 saturated heterocycles. The van der Waals surface area contributed by atoms with Crippen molar-refractivity contribution in [1.82, 2.24) is 35.1 Å². The molecule has 1 N–H and O–H groups in total. The maximum Gasteiger partial charge on any atom is 0.147 e. The summed E-state index contributed by atoms with van der Waals surface area (Å²) < 4.78 is 3.75. The van der Waals surface area contributed by atoms with Gasteiger partial charge in [0.1, 0.15) is 11.6 Å². The minimum Gasteiger partial charge on any atom is -0.311 e. The van der Waals surface area contributed by atoms with Gasteiger partial charge in [-0.1, -0.05) is 19.1 Å². The van der Waals surface area contributed by atoms with Gasteiger partial charge in [0.2, 0.25) is 0 Å². The van der Waals surface area contributed by atoms with Crippen molar-refractivity contribution in [2.75, 3.05) is 6.54 Å². The molecule has 0 spiro atoms. The van der Waals surface area contributed by atoms with E-state index in [2.05, 4.69) is 39.6 Å². The summed E-state index contributed by atoms with van der Waals surface area (Å²) in [7, 11) is 0. The minimum atomic E-state index is 0.642. The van der Waals surface area contributed by atoms with Crippen LogP contribution in [0, 0.1) is 19.8 Å². The standard InChI is InChI=1S/C13H23N7/c1-10(2)7-14-8-13-9-19(18-16-13)5-6-20-12(4)15-11(3)17-20/h9-10,14H,5-8H2,1-4H3. The largest absolute Gasteiger partial charge is 0.311 e. The van der Waals surface area contributed by atoms with Crippen molar-refractivity contribution in [3.05, 3.63) is 23.5 Å². The van der Waals surface area contributed by atoms with Gasteiger partial charge in [0.05, 0.1) is 18.8 Å². The van der Waals surface area contributed by atoms with Crippen LogP contribution in [-0.4, -0.2) is 36.3 Å². The van der Waals surface area contributed by atoms with Gasteiger partial charge in [-0.25, -0.2) is 9.67 Å². The average Bonchev–Trinajstić information content (AvgIpc) is 2.93. The van der Waals surface area contributed by atoms with Gasteiger partial charge in [0.25, 0.3) is 0 Å². The summed E-state index contributed by atoms with van der Waals surface area (Å²) >= 11 is 0. The first-order valence-electron chi connectivity index (χ1n) is 7.02. The molecule has 2 heterocycles. The highest BCUT2D eigenvalue weighted by Crippen LogP contribution is 1.98. The quantitative estimate of drug-likeness (QED) is 0.815. The molecule has 0 bridgehead atoms. The van der Waals surface area contributed by atoms with Gasteiger partial charge < -0.3 is 5.32 Å². The SMILES string of the molecule is Cc1nc(C)n(CCn2cc(CNCC(C)C)nn2)n1. The molecule has 0 aliphatic rings. The first-order chi connectivity index (χ1) is 9.54. The number of aromatic nitrogens is 6. The molecule has 0 saturated carbocycles. The van der Waals surface area contributed by atoms with Crippen LogP contribution in [0.5, 0.6) is 0 Å². The molecule has 110 valence electrons. The monoisotopic (exact) mass is 277 g/mol. The molecule has 20 heavy (non-hydrogen) atoms. The van der Waals surface area contributed by atoms with E-state index in [4.69, 9.17) is 0 Å². The lowest BCUT2D eigenvalue weighted by atomic mass is 10.2. The van der Waals surface area contributed by atoms with Crippen molar-refractivity contribution in [3.8, 4) is 0 Å². The Morgan fingerprint density at radius 1 is 1.25 bits per heavy atom. The number of nitrogens with zero attached hydrogens (tertiary/aromatic N) is 6. The highest BCUT2D eigenvalue weighted by atomic mass is 15.4. The van der Waals surface area contributed by atoms with Crippen molar-refractivity contribution >= 4 is 0 Å². The molecule has 7 nitrogen and oxygen atoms in total. The van der Waals surface area contributed by atoms with Gasteiger partial charge in [0.15, 0.2) is 0 Å². The van der Waals surface area contributed by atoms with Gasteiger partial charge in [-0.15, -0.1) is 5.10 Å². The lowest BCUT2D eigenvalue weighted by Gasteiger charge is -2.04. The maximum absolute atomic E-state index is 4.33. The Balaban J connectivity index is 1.82. The number of hydrogen-bond donors (Lipinski definition) is 1. The number of nitrogens with one attached hydrogen (secondary N) is 1. The van der Waals surface area contributed by atoms with E-state index in [1.54, 1.807) is 0 Å². The lowest BCUT2D eigenvalue weighted by Crippen LogP contribution is -2.19. The van der Waals surface area contributed by atoms with Crippen molar-refractivity contribution in [2.24, 2.45) is 5.92 Å². The van der Waals surface area contributed by atoms with E-state index in [-0.39, 0.29) is 0 Å². The van der Waals surface area contributed by atoms with Crippen LogP contribution in [0.3, 0.4) is 0 Å². The fraction of sp³-hybridized carbons (Fsp3) is 0.692. The van der Waals surface area contributed by atoms with Crippen LogP contribution >= 0.6 is 0 Å². The van der Waals surface area contributed by atoms with E-state index in [9.17, 15) is 0 Å². The number of aryl methyl sites for hydroxylation is 4. The lowest BCUT2D eigenvalue weighted by molar-refractivity contribution is 0.480. The molecule has 0 aliphatic heterocycles. The van der Waals surface area contributed by atoms with Crippen molar-refractivity contribution < 1.29 is 0 Å². The Kier molecular flexibility index (Phi) is 4.84. The van der Waals surface area contributed by atoms with Gasteiger partial charge in [-0.05, 0) is 26.3 Å². The van der Waals surface area contributed by atoms with Crippen LogP contribution in [0.15, 0.2) is 6.20 Å². The summed E-state index contributed by atoms with van der Waals surface area (Å²) in [6.07, 6.45) is 1.98. The molecule has 2 rings (SSSR count). The highest BCUT2D eigenvalue weighted by Gasteiger charge is 2.04. The van der Waals surface area contributed by atoms with E-state index in [1.165, 1.54) is 0 Å². The van der Waals surface area contributed by atoms with E-state index in [0.717, 1.165) is 43.5 Å². The Bertz CT molecular complexity index is 541. The molecule has 0 unspecified atom stereocenters.